The van der Waals surface area contributed by atoms with E-state index in [0.29, 0.717) is 0 Å². The van der Waals surface area contributed by atoms with E-state index in [0.717, 1.165) is 32.2 Å². The molecule has 3 heteroatoms. The van der Waals surface area contributed by atoms with Gasteiger partial charge in [0.1, 0.15) is 0 Å². The Morgan fingerprint density at radius 2 is 1.14 bits per heavy atom. The molecule has 0 bridgehead atoms. The lowest BCUT2D eigenvalue weighted by Crippen LogP contribution is -2.03. The lowest BCUT2D eigenvalue weighted by Gasteiger charge is -2.22. The van der Waals surface area contributed by atoms with Gasteiger partial charge in [0.25, 0.3) is 0 Å². The molecule has 0 unspecified atom stereocenters. The van der Waals surface area contributed by atoms with E-state index < -0.39 is 0 Å². The van der Waals surface area contributed by atoms with Crippen LogP contribution in [0.15, 0.2) is 93.9 Å². The monoisotopic (exact) mass is 589 g/mol. The predicted molar refractivity (Wildman–Crippen MR) is 160 cm³/mol. The summed E-state index contributed by atoms with van der Waals surface area (Å²) in [5, 5.41) is 0. The van der Waals surface area contributed by atoms with Gasteiger partial charge in [-0.1, -0.05) is 125 Å². The molecular weight excluding hydrogens is 558 g/mol. The van der Waals surface area contributed by atoms with Crippen molar-refractivity contribution in [2.75, 3.05) is 5.73 Å². The third kappa shape index (κ3) is 6.45. The van der Waals surface area contributed by atoms with Crippen LogP contribution in [0.2, 0.25) is 0 Å². The summed E-state index contributed by atoms with van der Waals surface area (Å²) in [4.78, 5) is 0. The first-order valence-corrected chi connectivity index (χ1v) is 14.2. The Balaban J connectivity index is 1.88. The van der Waals surface area contributed by atoms with Crippen molar-refractivity contribution in [3.8, 4) is 33.4 Å². The summed E-state index contributed by atoms with van der Waals surface area (Å²) in [6.45, 7) is 2.27. The fourth-order valence-corrected chi connectivity index (χ4v) is 5.30. The number of benzene rings is 4. The van der Waals surface area contributed by atoms with Crippen molar-refractivity contribution < 1.29 is 0 Å². The van der Waals surface area contributed by atoms with Crippen LogP contribution in [-0.2, 0) is 6.42 Å². The molecule has 0 aliphatic rings. The van der Waals surface area contributed by atoms with Crippen LogP contribution in [0.5, 0.6) is 0 Å². The highest BCUT2D eigenvalue weighted by Crippen LogP contribution is 2.44. The minimum Gasteiger partial charge on any atom is -0.398 e. The van der Waals surface area contributed by atoms with Gasteiger partial charge < -0.3 is 5.73 Å². The molecule has 0 aromatic heterocycles. The highest BCUT2D eigenvalue weighted by Gasteiger charge is 2.19. The lowest BCUT2D eigenvalue weighted by atomic mass is 9.84. The summed E-state index contributed by atoms with van der Waals surface area (Å²) in [6.07, 6.45) is 8.66. The van der Waals surface area contributed by atoms with Gasteiger partial charge in [-0.15, -0.1) is 0 Å². The number of nitrogen functional groups attached to an aromatic ring is 1. The van der Waals surface area contributed by atoms with Gasteiger partial charge in [0.2, 0.25) is 0 Å². The number of unbranched alkanes of at least 4 members (excludes halogenated alkanes) is 5. The van der Waals surface area contributed by atoms with E-state index in [1.165, 1.54) is 66.3 Å². The first-order valence-electron chi connectivity index (χ1n) is 12.6. The smallest absolute Gasteiger partial charge is 0.0476 e. The van der Waals surface area contributed by atoms with Crippen LogP contribution in [0, 0.1) is 0 Å². The maximum atomic E-state index is 7.01. The van der Waals surface area contributed by atoms with Gasteiger partial charge in [-0.3, -0.25) is 0 Å². The minimum absolute atomic E-state index is 0.861. The summed E-state index contributed by atoms with van der Waals surface area (Å²) in [5.74, 6) is 0. The molecule has 0 aliphatic heterocycles. The van der Waals surface area contributed by atoms with E-state index in [2.05, 4.69) is 124 Å². The fraction of sp³-hybridized carbons (Fsp3) is 0.250. The number of rotatable bonds is 10. The van der Waals surface area contributed by atoms with Crippen LogP contribution in [0.3, 0.4) is 0 Å². The maximum absolute atomic E-state index is 7.01. The van der Waals surface area contributed by atoms with E-state index >= 15 is 0 Å². The van der Waals surface area contributed by atoms with Crippen LogP contribution in [0.4, 0.5) is 5.69 Å². The van der Waals surface area contributed by atoms with E-state index in [9.17, 15) is 0 Å². The Hall–Kier alpha value is -2.36. The number of halogens is 2. The predicted octanol–water partition coefficient (Wildman–Crippen LogP) is 10.7. The Morgan fingerprint density at radius 1 is 0.600 bits per heavy atom. The molecule has 0 saturated heterocycles. The average molecular weight is 591 g/mol. The third-order valence-corrected chi connectivity index (χ3v) is 7.69. The van der Waals surface area contributed by atoms with Crippen LogP contribution >= 0.6 is 31.9 Å². The summed E-state index contributed by atoms with van der Waals surface area (Å²) in [5.41, 5.74) is 16.3. The quantitative estimate of drug-likeness (QED) is 0.144. The largest absolute Gasteiger partial charge is 0.398 e. The highest BCUT2D eigenvalue weighted by molar-refractivity contribution is 9.10. The van der Waals surface area contributed by atoms with Gasteiger partial charge >= 0.3 is 0 Å². The summed E-state index contributed by atoms with van der Waals surface area (Å²) in [7, 11) is 0. The fourth-order valence-electron chi connectivity index (χ4n) is 4.77. The van der Waals surface area contributed by atoms with Gasteiger partial charge in [-0.25, -0.2) is 0 Å². The molecule has 180 valence electrons. The molecule has 0 aliphatic carbocycles. The SMILES string of the molecule is CCCCCCCCc1c(-c2ccc(Br)cc2)cc(-c2ccccc2)c(N)c1-c1ccc(Br)cc1. The zero-order valence-electron chi connectivity index (χ0n) is 20.4. The van der Waals surface area contributed by atoms with Crippen molar-refractivity contribution in [2.45, 2.75) is 51.9 Å². The normalized spacial score (nSPS) is 11.1. The topological polar surface area (TPSA) is 26.0 Å². The van der Waals surface area contributed by atoms with Crippen molar-refractivity contribution in [1.82, 2.24) is 0 Å². The summed E-state index contributed by atoms with van der Waals surface area (Å²) < 4.78 is 2.16. The van der Waals surface area contributed by atoms with E-state index in [4.69, 9.17) is 5.73 Å². The van der Waals surface area contributed by atoms with E-state index in [-0.39, 0.29) is 0 Å². The van der Waals surface area contributed by atoms with Gasteiger partial charge in [-0.05, 0) is 71.0 Å². The number of anilines is 1. The minimum atomic E-state index is 0.861. The molecule has 0 fully saturated rings. The van der Waals surface area contributed by atoms with Crippen molar-refractivity contribution in [3.63, 3.8) is 0 Å². The molecule has 4 aromatic carbocycles. The second kappa shape index (κ2) is 12.6. The Bertz CT molecular complexity index is 1230. The molecule has 0 saturated carbocycles. The maximum Gasteiger partial charge on any atom is 0.0476 e. The summed E-state index contributed by atoms with van der Waals surface area (Å²) >= 11 is 7.21. The first kappa shape index (κ1) is 25.7. The molecule has 2 N–H and O–H groups in total. The lowest BCUT2D eigenvalue weighted by molar-refractivity contribution is 0.608. The first-order chi connectivity index (χ1) is 17.1. The van der Waals surface area contributed by atoms with Crippen LogP contribution in [-0.4, -0.2) is 0 Å². The molecule has 1 nitrogen and oxygen atoms in total. The Labute approximate surface area is 227 Å². The third-order valence-electron chi connectivity index (χ3n) is 6.63. The molecule has 35 heavy (non-hydrogen) atoms. The van der Waals surface area contributed by atoms with Crippen molar-refractivity contribution >= 4 is 37.5 Å². The van der Waals surface area contributed by atoms with Crippen molar-refractivity contribution in [2.24, 2.45) is 0 Å². The molecular formula is C32H33Br2N. The molecule has 0 heterocycles. The Kier molecular flexibility index (Phi) is 9.23. The number of hydrogen-bond donors (Lipinski definition) is 1. The number of nitrogens with two attached hydrogens (primary N) is 1. The van der Waals surface area contributed by atoms with Crippen molar-refractivity contribution in [1.29, 1.82) is 0 Å². The second-order valence-corrected chi connectivity index (χ2v) is 11.0. The molecule has 4 rings (SSSR count). The van der Waals surface area contributed by atoms with Crippen LogP contribution in [0.1, 0.15) is 51.0 Å². The van der Waals surface area contributed by atoms with Crippen LogP contribution < -0.4 is 5.73 Å². The zero-order valence-corrected chi connectivity index (χ0v) is 23.5. The van der Waals surface area contributed by atoms with Gasteiger partial charge in [0.05, 0.1) is 0 Å². The highest BCUT2D eigenvalue weighted by atomic mass is 79.9. The zero-order chi connectivity index (χ0) is 24.6. The standard InChI is InChI=1S/C32H33Br2N/c1-2-3-4-5-6-10-13-28-29(24-14-18-26(33)19-15-24)22-30(23-11-8-7-9-12-23)32(35)31(28)25-16-20-27(34)21-17-25/h7-9,11-12,14-22H,2-6,10,13,35H2,1H3. The van der Waals surface area contributed by atoms with Gasteiger partial charge in [0, 0.05) is 25.8 Å². The number of hydrogen-bond acceptors (Lipinski definition) is 1. The molecule has 0 amide bonds. The van der Waals surface area contributed by atoms with Gasteiger partial charge in [0.15, 0.2) is 0 Å². The molecule has 4 aromatic rings. The Morgan fingerprint density at radius 3 is 1.77 bits per heavy atom. The second-order valence-electron chi connectivity index (χ2n) is 9.14. The van der Waals surface area contributed by atoms with E-state index in [1.54, 1.807) is 0 Å². The van der Waals surface area contributed by atoms with Crippen LogP contribution in [0.25, 0.3) is 33.4 Å². The molecule has 0 spiro atoms. The summed E-state index contributed by atoms with van der Waals surface area (Å²) in [6, 6.07) is 30.1. The van der Waals surface area contributed by atoms with Crippen molar-refractivity contribution in [3.05, 3.63) is 99.4 Å². The molecule has 0 radical (unpaired) electrons. The van der Waals surface area contributed by atoms with Gasteiger partial charge in [-0.2, -0.15) is 0 Å². The van der Waals surface area contributed by atoms with E-state index in [1.807, 2.05) is 0 Å². The molecule has 0 atom stereocenters. The average Bonchev–Trinajstić information content (AvgIpc) is 2.88.